The van der Waals surface area contributed by atoms with Crippen LogP contribution in [0.3, 0.4) is 0 Å². The summed E-state index contributed by atoms with van der Waals surface area (Å²) < 4.78 is 14.4. The normalized spacial score (nSPS) is 17.3. The third-order valence-corrected chi connectivity index (χ3v) is 5.86. The number of rotatable bonds is 7. The van der Waals surface area contributed by atoms with E-state index in [9.17, 15) is 9.18 Å². The van der Waals surface area contributed by atoms with Crippen LogP contribution in [0.2, 0.25) is 0 Å². The summed E-state index contributed by atoms with van der Waals surface area (Å²) in [6, 6.07) is 9.64. The molecule has 5 rings (SSSR count). The number of amides is 1. The number of allylic oxidation sites excluding steroid dienone is 4. The lowest BCUT2D eigenvalue weighted by atomic mass is 9.95. The molecule has 2 aliphatic carbocycles. The minimum atomic E-state index is -0.242. The molecule has 2 heterocycles. The van der Waals surface area contributed by atoms with Crippen molar-refractivity contribution in [3.05, 3.63) is 83.7 Å². The molecule has 3 aliphatic rings. The monoisotopic (exact) mass is 414 g/mol. The van der Waals surface area contributed by atoms with Gasteiger partial charge in [-0.05, 0) is 36.8 Å². The first kappa shape index (κ1) is 19.5. The van der Waals surface area contributed by atoms with E-state index >= 15 is 0 Å². The average Bonchev–Trinajstić information content (AvgIpc) is 3.54. The van der Waals surface area contributed by atoms with E-state index in [1.807, 2.05) is 35.2 Å². The number of carbonyl (C=O) groups is 1. The molecule has 0 N–H and O–H groups in total. The van der Waals surface area contributed by atoms with Gasteiger partial charge in [-0.1, -0.05) is 36.4 Å². The van der Waals surface area contributed by atoms with Crippen molar-refractivity contribution in [2.45, 2.75) is 25.7 Å². The lowest BCUT2D eigenvalue weighted by molar-refractivity contribution is 0.0744. The largest absolute Gasteiger partial charge is 0.337 e. The molecule has 1 aromatic heterocycles. The van der Waals surface area contributed by atoms with Gasteiger partial charge in [-0.2, -0.15) is 0 Å². The lowest BCUT2D eigenvalue weighted by Gasteiger charge is -2.24. The quantitative estimate of drug-likeness (QED) is 0.647. The Morgan fingerprint density at radius 1 is 1.13 bits per heavy atom. The molecule has 0 radical (unpaired) electrons. The van der Waals surface area contributed by atoms with Crippen molar-refractivity contribution in [2.75, 3.05) is 13.1 Å². The predicted octanol–water partition coefficient (Wildman–Crippen LogP) is 4.91. The molecule has 0 bridgehead atoms. The molecule has 156 valence electrons. The van der Waals surface area contributed by atoms with Crippen LogP contribution < -0.4 is 0 Å². The fourth-order valence-electron chi connectivity index (χ4n) is 4.06. The van der Waals surface area contributed by atoms with Crippen LogP contribution in [0, 0.1) is 5.92 Å². The van der Waals surface area contributed by atoms with Crippen molar-refractivity contribution >= 4 is 11.6 Å². The summed E-state index contributed by atoms with van der Waals surface area (Å²) in [5.41, 5.74) is 4.04. The number of nitrogens with zero attached hydrogens (tertiary/aromatic N) is 4. The Kier molecular flexibility index (Phi) is 5.28. The smallest absolute Gasteiger partial charge is 0.274 e. The Labute approximate surface area is 180 Å². The van der Waals surface area contributed by atoms with Gasteiger partial charge in [0, 0.05) is 49.2 Å². The first-order chi connectivity index (χ1) is 15.2. The van der Waals surface area contributed by atoms with Gasteiger partial charge < -0.3 is 4.90 Å². The van der Waals surface area contributed by atoms with Gasteiger partial charge in [0.1, 0.15) is 11.5 Å². The molecule has 0 unspecified atom stereocenters. The van der Waals surface area contributed by atoms with Crippen molar-refractivity contribution in [2.24, 2.45) is 10.9 Å². The molecule has 31 heavy (non-hydrogen) atoms. The highest BCUT2D eigenvalue weighted by Crippen LogP contribution is 2.33. The molecule has 6 heteroatoms. The first-order valence-electron chi connectivity index (χ1n) is 10.7. The minimum absolute atomic E-state index is 0.128. The van der Waals surface area contributed by atoms with Crippen LogP contribution in [0.1, 0.15) is 36.2 Å². The fraction of sp³-hybridized carbons (Fsp3) is 0.280. The van der Waals surface area contributed by atoms with Crippen LogP contribution in [-0.4, -0.2) is 39.6 Å². The third kappa shape index (κ3) is 4.10. The molecule has 1 aliphatic heterocycles. The molecule has 2 aromatic rings. The summed E-state index contributed by atoms with van der Waals surface area (Å²) in [4.78, 5) is 28.6. The molecule has 1 saturated carbocycles. The minimum Gasteiger partial charge on any atom is -0.337 e. The first-order valence-corrected chi connectivity index (χ1v) is 10.7. The molecular formula is C25H23FN4O. The maximum absolute atomic E-state index is 14.4. The summed E-state index contributed by atoms with van der Waals surface area (Å²) >= 11 is 0. The van der Waals surface area contributed by atoms with Crippen molar-refractivity contribution in [3.8, 4) is 11.3 Å². The van der Waals surface area contributed by atoms with Crippen molar-refractivity contribution < 1.29 is 9.18 Å². The van der Waals surface area contributed by atoms with Crippen LogP contribution in [0.4, 0.5) is 4.39 Å². The highest BCUT2D eigenvalue weighted by atomic mass is 19.1. The van der Waals surface area contributed by atoms with Gasteiger partial charge in [-0.3, -0.25) is 14.8 Å². The SMILES string of the molecule is O=C(c1nccnc1-c1ccccc1)N(CCC1=CN=C2CC=CC(F)=C12)CC1CC1. The maximum atomic E-state index is 14.4. The zero-order chi connectivity index (χ0) is 21.2. The summed E-state index contributed by atoms with van der Waals surface area (Å²) in [5.74, 6) is 0.157. The number of aromatic nitrogens is 2. The highest BCUT2D eigenvalue weighted by molar-refractivity contribution is 6.08. The molecule has 0 saturated heterocycles. The van der Waals surface area contributed by atoms with Gasteiger partial charge in [0.05, 0.1) is 5.71 Å². The van der Waals surface area contributed by atoms with Gasteiger partial charge >= 0.3 is 0 Å². The van der Waals surface area contributed by atoms with E-state index in [0.717, 1.165) is 29.7 Å². The van der Waals surface area contributed by atoms with Gasteiger partial charge in [0.2, 0.25) is 0 Å². The Balaban J connectivity index is 1.38. The van der Waals surface area contributed by atoms with Gasteiger partial charge in [0.15, 0.2) is 5.69 Å². The van der Waals surface area contributed by atoms with E-state index < -0.39 is 0 Å². The average molecular weight is 414 g/mol. The maximum Gasteiger partial charge on any atom is 0.274 e. The van der Waals surface area contributed by atoms with Crippen molar-refractivity contribution in [1.82, 2.24) is 14.9 Å². The van der Waals surface area contributed by atoms with Crippen LogP contribution in [-0.2, 0) is 0 Å². The van der Waals surface area contributed by atoms with Crippen LogP contribution in [0.15, 0.2) is 83.0 Å². The second kappa shape index (κ2) is 8.38. The summed E-state index contributed by atoms with van der Waals surface area (Å²) in [6.45, 7) is 1.18. The topological polar surface area (TPSA) is 58.5 Å². The second-order valence-electron chi connectivity index (χ2n) is 8.12. The van der Waals surface area contributed by atoms with Crippen LogP contribution in [0.25, 0.3) is 11.3 Å². The number of hydrogen-bond acceptors (Lipinski definition) is 4. The van der Waals surface area contributed by atoms with Crippen molar-refractivity contribution in [1.29, 1.82) is 0 Å². The molecule has 0 spiro atoms. The summed E-state index contributed by atoms with van der Waals surface area (Å²) in [7, 11) is 0. The number of hydrogen-bond donors (Lipinski definition) is 0. The van der Waals surface area contributed by atoms with E-state index in [1.54, 1.807) is 24.7 Å². The molecule has 5 nitrogen and oxygen atoms in total. The van der Waals surface area contributed by atoms with E-state index in [4.69, 9.17) is 0 Å². The standard InChI is InChI=1S/C25H23FN4O/c26-20-7-4-8-21-22(20)19(15-29-21)11-14-30(16-17-9-10-17)25(31)24-23(27-12-13-28-24)18-5-2-1-3-6-18/h1-7,12-13,15,17H,8-11,14,16H2. The van der Waals surface area contributed by atoms with Gasteiger partial charge in [-0.25, -0.2) is 9.37 Å². The zero-order valence-electron chi connectivity index (χ0n) is 17.2. The number of halogens is 1. The fourth-order valence-corrected chi connectivity index (χ4v) is 4.06. The van der Waals surface area contributed by atoms with Crippen LogP contribution >= 0.6 is 0 Å². The van der Waals surface area contributed by atoms with Crippen LogP contribution in [0.5, 0.6) is 0 Å². The number of benzene rings is 1. The predicted molar refractivity (Wildman–Crippen MR) is 118 cm³/mol. The Morgan fingerprint density at radius 2 is 1.94 bits per heavy atom. The molecule has 0 atom stereocenters. The third-order valence-electron chi connectivity index (χ3n) is 5.86. The van der Waals surface area contributed by atoms with E-state index in [0.29, 0.717) is 48.8 Å². The van der Waals surface area contributed by atoms with Crippen molar-refractivity contribution in [3.63, 3.8) is 0 Å². The van der Waals surface area contributed by atoms with E-state index in [1.165, 1.54) is 6.08 Å². The van der Waals surface area contributed by atoms with E-state index in [-0.39, 0.29) is 11.7 Å². The highest BCUT2D eigenvalue weighted by Gasteiger charge is 2.30. The Hall–Kier alpha value is -3.41. The number of fused-ring (bicyclic) bond motifs is 1. The van der Waals surface area contributed by atoms with Gasteiger partial charge in [-0.15, -0.1) is 0 Å². The second-order valence-corrected chi connectivity index (χ2v) is 8.12. The number of aliphatic imine (C=N–C) groups is 1. The molecule has 1 amide bonds. The Bertz CT molecular complexity index is 1130. The summed E-state index contributed by atoms with van der Waals surface area (Å²) in [5, 5.41) is 0. The molecule has 1 fully saturated rings. The molecule has 1 aromatic carbocycles. The number of carbonyl (C=O) groups excluding carboxylic acids is 1. The van der Waals surface area contributed by atoms with E-state index in [2.05, 4.69) is 15.0 Å². The summed E-state index contributed by atoms with van der Waals surface area (Å²) in [6.07, 6.45) is 11.7. The lowest BCUT2D eigenvalue weighted by Crippen LogP contribution is -2.35. The Morgan fingerprint density at radius 3 is 2.74 bits per heavy atom. The molecular weight excluding hydrogens is 391 g/mol. The zero-order valence-corrected chi connectivity index (χ0v) is 17.2. The van der Waals surface area contributed by atoms with Gasteiger partial charge in [0.25, 0.3) is 5.91 Å².